The Hall–Kier alpha value is -4.69. The van der Waals surface area contributed by atoms with Crippen LogP contribution in [0.2, 0.25) is 0 Å². The largest absolute Gasteiger partial charge is 0.489 e. The van der Waals surface area contributed by atoms with Crippen molar-refractivity contribution in [1.82, 2.24) is 20.2 Å². The summed E-state index contributed by atoms with van der Waals surface area (Å²) < 4.78 is 11.2. The Labute approximate surface area is 301 Å². The van der Waals surface area contributed by atoms with Gasteiger partial charge in [-0.25, -0.2) is 14.8 Å². The number of nitriles is 1. The Kier molecular flexibility index (Phi) is 10.3. The molecule has 0 unspecified atom stereocenters. The standard InChI is InChI=1S/C40H51N7O4/c1-26-20-32(21-27(2)33(26)22-41)51-38-39(3,4)37(40(38,5)6)44-35(48)29-8-10-30(11-9-29)46-14-12-28(13-15-46)25-45-16-18-47(19-17-45)31-23-42-34(43-24-31)36(49)50-7/h8-11,20-21,23-24,28,37-38H,12-19,25H2,1-7H3,(H,44,48)/t37-,38-. The van der Waals surface area contributed by atoms with Crippen molar-refractivity contribution in [3.8, 4) is 11.8 Å². The van der Waals surface area contributed by atoms with Crippen LogP contribution >= 0.6 is 0 Å². The summed E-state index contributed by atoms with van der Waals surface area (Å²) in [5.41, 5.74) is 4.67. The molecular formula is C40H51N7O4. The minimum absolute atomic E-state index is 0.0687. The van der Waals surface area contributed by atoms with Gasteiger partial charge in [-0.1, -0.05) is 27.7 Å². The van der Waals surface area contributed by atoms with Crippen LogP contribution < -0.4 is 19.9 Å². The second-order valence-electron chi connectivity index (χ2n) is 15.6. The molecule has 3 fully saturated rings. The molecule has 2 aliphatic heterocycles. The summed E-state index contributed by atoms with van der Waals surface area (Å²) >= 11 is 0. The molecule has 1 N–H and O–H groups in total. The highest BCUT2D eigenvalue weighted by Gasteiger charge is 2.64. The normalized spacial score (nSPS) is 21.7. The van der Waals surface area contributed by atoms with E-state index in [-0.39, 0.29) is 34.7 Å². The number of esters is 1. The van der Waals surface area contributed by atoms with Crippen LogP contribution in [0, 0.1) is 41.9 Å². The van der Waals surface area contributed by atoms with Crippen LogP contribution in [0.5, 0.6) is 5.75 Å². The molecule has 0 bridgehead atoms. The van der Waals surface area contributed by atoms with E-state index < -0.39 is 5.97 Å². The Balaban J connectivity index is 0.960. The zero-order valence-electron chi connectivity index (χ0n) is 31.0. The van der Waals surface area contributed by atoms with E-state index >= 15 is 0 Å². The smallest absolute Gasteiger partial charge is 0.376 e. The van der Waals surface area contributed by atoms with Crippen molar-refractivity contribution >= 4 is 23.3 Å². The first-order valence-corrected chi connectivity index (χ1v) is 18.0. The molecule has 0 radical (unpaired) electrons. The van der Waals surface area contributed by atoms with Gasteiger partial charge in [-0.3, -0.25) is 9.69 Å². The maximum Gasteiger partial charge on any atom is 0.376 e. The molecular weight excluding hydrogens is 642 g/mol. The maximum atomic E-state index is 13.5. The van der Waals surface area contributed by atoms with Crippen molar-refractivity contribution in [1.29, 1.82) is 5.26 Å². The highest BCUT2D eigenvalue weighted by Crippen LogP contribution is 2.55. The molecule has 11 heteroatoms. The predicted molar refractivity (Wildman–Crippen MR) is 197 cm³/mol. The monoisotopic (exact) mass is 693 g/mol. The van der Waals surface area contributed by atoms with Gasteiger partial charge in [-0.2, -0.15) is 5.26 Å². The average Bonchev–Trinajstić information content (AvgIpc) is 3.13. The Morgan fingerprint density at radius 3 is 2.00 bits per heavy atom. The first-order chi connectivity index (χ1) is 24.3. The first kappa shape index (κ1) is 36.1. The molecule has 1 amide bonds. The SMILES string of the molecule is COC(=O)c1ncc(N2CCN(CC3CCN(c4ccc(C(=O)N[C@H]5C(C)(C)[C@H](Oc6cc(C)c(C#N)c(C)c6)C5(C)C)cc4)CC3)CC2)cn1. The number of benzene rings is 2. The van der Waals surface area contributed by atoms with Crippen LogP contribution in [-0.2, 0) is 4.74 Å². The van der Waals surface area contributed by atoms with E-state index in [1.807, 2.05) is 38.1 Å². The number of piperazine rings is 1. The third-order valence-corrected chi connectivity index (χ3v) is 11.4. The molecule has 2 saturated heterocycles. The van der Waals surface area contributed by atoms with Gasteiger partial charge in [0.15, 0.2) is 0 Å². The van der Waals surface area contributed by atoms with E-state index in [1.54, 1.807) is 12.4 Å². The summed E-state index contributed by atoms with van der Waals surface area (Å²) in [5.74, 6) is 0.907. The summed E-state index contributed by atoms with van der Waals surface area (Å²) in [6.07, 6.45) is 5.58. The number of hydrogen-bond acceptors (Lipinski definition) is 10. The number of methoxy groups -OCH3 is 1. The molecule has 2 aromatic carbocycles. The zero-order valence-corrected chi connectivity index (χ0v) is 31.0. The fourth-order valence-electron chi connectivity index (χ4n) is 8.75. The van der Waals surface area contributed by atoms with E-state index in [0.717, 1.165) is 86.9 Å². The topological polar surface area (TPSA) is 124 Å². The number of hydrogen-bond donors (Lipinski definition) is 1. The number of amides is 1. The van der Waals surface area contributed by atoms with Gasteiger partial charge in [0.05, 0.1) is 36.8 Å². The van der Waals surface area contributed by atoms with E-state index in [4.69, 9.17) is 9.47 Å². The Bertz CT molecular complexity index is 1730. The van der Waals surface area contributed by atoms with E-state index in [0.29, 0.717) is 17.0 Å². The minimum atomic E-state index is -0.525. The van der Waals surface area contributed by atoms with E-state index in [9.17, 15) is 14.9 Å². The van der Waals surface area contributed by atoms with Crippen LogP contribution in [0.15, 0.2) is 48.8 Å². The van der Waals surface area contributed by atoms with E-state index in [2.05, 4.69) is 75.9 Å². The number of aromatic nitrogens is 2. The molecule has 3 aliphatic rings. The summed E-state index contributed by atoms with van der Waals surface area (Å²) in [5, 5.41) is 12.8. The highest BCUT2D eigenvalue weighted by molar-refractivity contribution is 5.95. The molecule has 270 valence electrons. The second-order valence-corrected chi connectivity index (χ2v) is 15.6. The van der Waals surface area contributed by atoms with Crippen LogP contribution in [-0.4, -0.2) is 91.8 Å². The predicted octanol–water partition coefficient (Wildman–Crippen LogP) is 5.40. The highest BCUT2D eigenvalue weighted by atomic mass is 16.5. The quantitative estimate of drug-likeness (QED) is 0.292. The van der Waals surface area contributed by atoms with Crippen LogP contribution in [0.25, 0.3) is 0 Å². The molecule has 1 saturated carbocycles. The molecule has 51 heavy (non-hydrogen) atoms. The van der Waals surface area contributed by atoms with Gasteiger partial charge in [0.2, 0.25) is 5.82 Å². The summed E-state index contributed by atoms with van der Waals surface area (Å²) in [6, 6.07) is 14.1. The molecule has 11 nitrogen and oxygen atoms in total. The van der Waals surface area contributed by atoms with Crippen molar-refractivity contribution in [2.75, 3.05) is 62.7 Å². The molecule has 0 spiro atoms. The second kappa shape index (κ2) is 14.5. The Morgan fingerprint density at radius 2 is 1.45 bits per heavy atom. The van der Waals surface area contributed by atoms with Crippen molar-refractivity contribution in [3.05, 3.63) is 76.9 Å². The lowest BCUT2D eigenvalue weighted by atomic mass is 9.49. The number of piperidine rings is 1. The number of anilines is 2. The van der Waals surface area contributed by atoms with Gasteiger partial charge >= 0.3 is 5.97 Å². The van der Waals surface area contributed by atoms with Gasteiger partial charge in [0, 0.05) is 73.9 Å². The number of aryl methyl sites for hydroxylation is 2. The number of carbonyl (C=O) groups excluding carboxylic acids is 2. The van der Waals surface area contributed by atoms with Crippen LogP contribution in [0.1, 0.15) is 78.2 Å². The van der Waals surface area contributed by atoms with Gasteiger partial charge in [0.1, 0.15) is 11.9 Å². The van der Waals surface area contributed by atoms with Crippen molar-refractivity contribution < 1.29 is 19.1 Å². The molecule has 3 aromatic rings. The maximum absolute atomic E-state index is 13.5. The van der Waals surface area contributed by atoms with Gasteiger partial charge in [0.25, 0.3) is 5.91 Å². The zero-order chi connectivity index (χ0) is 36.5. The minimum Gasteiger partial charge on any atom is -0.489 e. The molecule has 3 heterocycles. The third kappa shape index (κ3) is 7.38. The first-order valence-electron chi connectivity index (χ1n) is 18.0. The molecule has 0 atom stereocenters. The number of carbonyl (C=O) groups is 2. The van der Waals surface area contributed by atoms with Crippen LogP contribution in [0.4, 0.5) is 11.4 Å². The van der Waals surface area contributed by atoms with Crippen LogP contribution in [0.3, 0.4) is 0 Å². The Morgan fingerprint density at radius 1 is 0.882 bits per heavy atom. The number of nitrogens with zero attached hydrogens (tertiary/aromatic N) is 6. The average molecular weight is 694 g/mol. The van der Waals surface area contributed by atoms with Gasteiger partial charge < -0.3 is 24.6 Å². The fraction of sp³-hybridized carbons (Fsp3) is 0.525. The number of nitrogens with one attached hydrogen (secondary N) is 1. The van der Waals surface area contributed by atoms with Gasteiger partial charge in [-0.05, 0) is 80.1 Å². The lowest BCUT2D eigenvalue weighted by Gasteiger charge is -2.63. The summed E-state index contributed by atoms with van der Waals surface area (Å²) in [7, 11) is 1.33. The number of ether oxygens (including phenoxy) is 2. The summed E-state index contributed by atoms with van der Waals surface area (Å²) in [6.45, 7) is 19.4. The third-order valence-electron chi connectivity index (χ3n) is 11.4. The van der Waals surface area contributed by atoms with E-state index in [1.165, 1.54) is 7.11 Å². The fourth-order valence-corrected chi connectivity index (χ4v) is 8.75. The van der Waals surface area contributed by atoms with Gasteiger partial charge in [-0.15, -0.1) is 0 Å². The van der Waals surface area contributed by atoms with Crippen molar-refractivity contribution in [2.24, 2.45) is 16.7 Å². The molecule has 6 rings (SSSR count). The number of rotatable bonds is 9. The lowest BCUT2D eigenvalue weighted by molar-refractivity contribution is -0.164. The van der Waals surface area contributed by atoms with Crippen molar-refractivity contribution in [2.45, 2.75) is 66.5 Å². The lowest BCUT2D eigenvalue weighted by Crippen LogP contribution is -2.74. The van der Waals surface area contributed by atoms with Crippen molar-refractivity contribution in [3.63, 3.8) is 0 Å². The summed E-state index contributed by atoms with van der Waals surface area (Å²) in [4.78, 5) is 40.7. The molecule has 1 aromatic heterocycles. The molecule has 1 aliphatic carbocycles.